The van der Waals surface area contributed by atoms with Gasteiger partial charge in [0.1, 0.15) is 0 Å². The zero-order chi connectivity index (χ0) is 9.64. The third kappa shape index (κ3) is 5.15. The molecule has 4 heteroatoms. The summed E-state index contributed by atoms with van der Waals surface area (Å²) in [6.45, 7) is 3.75. The monoisotopic (exact) mass is 262 g/mol. The molecule has 0 atom stereocenters. The van der Waals surface area contributed by atoms with E-state index in [-0.39, 0.29) is 24.8 Å². The highest BCUT2D eigenvalue weighted by Gasteiger charge is 2.09. The Morgan fingerprint density at radius 1 is 1.06 bits per heavy atom. The average Bonchev–Trinajstić information content (AvgIpc) is 2.29. The highest BCUT2D eigenvalue weighted by atomic mass is 35.5. The largest absolute Gasteiger partial charge is 0.303 e. The lowest BCUT2D eigenvalue weighted by Crippen LogP contribution is -2.31. The third-order valence-electron chi connectivity index (χ3n) is 2.86. The van der Waals surface area contributed by atoms with Crippen molar-refractivity contribution < 1.29 is 0 Å². The van der Waals surface area contributed by atoms with E-state index in [1.807, 2.05) is 12.3 Å². The van der Waals surface area contributed by atoms with Crippen LogP contribution in [0.1, 0.15) is 25.0 Å². The second-order valence-electron chi connectivity index (χ2n) is 3.97. The van der Waals surface area contributed by atoms with Crippen LogP contribution in [0, 0.1) is 0 Å². The lowest BCUT2D eigenvalue weighted by molar-refractivity contribution is 0.231. The van der Waals surface area contributed by atoms with Gasteiger partial charge in [-0.2, -0.15) is 0 Å². The fourth-order valence-electron chi connectivity index (χ4n) is 2.00. The van der Waals surface area contributed by atoms with Gasteiger partial charge in [-0.15, -0.1) is 24.8 Å². The Hall–Kier alpha value is -0.310. The SMILES string of the molecule is Cl.Cl.c1ccc(CCN2CCCCC2)nc1. The Balaban J connectivity index is 0.00000112. The molecule has 92 valence electrons. The first-order chi connectivity index (χ1) is 6.95. The van der Waals surface area contributed by atoms with Gasteiger partial charge in [0, 0.05) is 24.9 Å². The fraction of sp³-hybridized carbons (Fsp3) is 0.583. The van der Waals surface area contributed by atoms with E-state index in [2.05, 4.69) is 22.0 Å². The van der Waals surface area contributed by atoms with E-state index < -0.39 is 0 Å². The van der Waals surface area contributed by atoms with Crippen LogP contribution >= 0.6 is 24.8 Å². The fourth-order valence-corrected chi connectivity index (χ4v) is 2.00. The van der Waals surface area contributed by atoms with Crippen LogP contribution in [-0.2, 0) is 6.42 Å². The van der Waals surface area contributed by atoms with Crippen LogP contribution in [-0.4, -0.2) is 29.5 Å². The van der Waals surface area contributed by atoms with Gasteiger partial charge in [-0.1, -0.05) is 12.5 Å². The molecule has 0 aromatic carbocycles. The van der Waals surface area contributed by atoms with Gasteiger partial charge in [0.05, 0.1) is 0 Å². The summed E-state index contributed by atoms with van der Waals surface area (Å²) >= 11 is 0. The van der Waals surface area contributed by atoms with Gasteiger partial charge in [0.25, 0.3) is 0 Å². The van der Waals surface area contributed by atoms with E-state index in [1.54, 1.807) is 0 Å². The summed E-state index contributed by atoms with van der Waals surface area (Å²) in [4.78, 5) is 6.89. The maximum absolute atomic E-state index is 4.34. The molecule has 0 amide bonds. The van der Waals surface area contributed by atoms with Crippen LogP contribution in [0.3, 0.4) is 0 Å². The highest BCUT2D eigenvalue weighted by molar-refractivity contribution is 5.85. The van der Waals surface area contributed by atoms with Crippen molar-refractivity contribution in [2.75, 3.05) is 19.6 Å². The lowest BCUT2D eigenvalue weighted by Gasteiger charge is -2.26. The number of halogens is 2. The standard InChI is InChI=1S/C12H18N2.2ClH/c1-4-9-14(10-5-1)11-7-12-6-2-3-8-13-12;;/h2-3,6,8H,1,4-5,7,9-11H2;2*1H. The molecule has 0 bridgehead atoms. The first-order valence-corrected chi connectivity index (χ1v) is 5.57. The van der Waals surface area contributed by atoms with Crippen LogP contribution in [0.25, 0.3) is 0 Å². The molecule has 0 N–H and O–H groups in total. The first kappa shape index (κ1) is 15.7. The second-order valence-corrected chi connectivity index (χ2v) is 3.97. The molecule has 0 spiro atoms. The summed E-state index contributed by atoms with van der Waals surface area (Å²) in [5, 5.41) is 0. The summed E-state index contributed by atoms with van der Waals surface area (Å²) in [6, 6.07) is 6.16. The van der Waals surface area contributed by atoms with Crippen molar-refractivity contribution in [2.24, 2.45) is 0 Å². The van der Waals surface area contributed by atoms with E-state index in [1.165, 1.54) is 44.6 Å². The van der Waals surface area contributed by atoms with Gasteiger partial charge >= 0.3 is 0 Å². The Bertz CT molecular complexity index is 261. The predicted molar refractivity (Wildman–Crippen MR) is 72.7 cm³/mol. The van der Waals surface area contributed by atoms with Crippen molar-refractivity contribution in [3.63, 3.8) is 0 Å². The van der Waals surface area contributed by atoms with E-state index in [4.69, 9.17) is 0 Å². The topological polar surface area (TPSA) is 16.1 Å². The number of piperidine rings is 1. The predicted octanol–water partition coefficient (Wildman–Crippen LogP) is 2.95. The van der Waals surface area contributed by atoms with Gasteiger partial charge < -0.3 is 4.90 Å². The Labute approximate surface area is 110 Å². The molecular weight excluding hydrogens is 243 g/mol. The maximum atomic E-state index is 4.34. The molecule has 1 aromatic rings. The van der Waals surface area contributed by atoms with E-state index in [0.717, 1.165) is 6.42 Å². The normalized spacial score (nSPS) is 16.0. The zero-order valence-corrected chi connectivity index (χ0v) is 11.1. The molecule has 1 aliphatic heterocycles. The molecule has 1 saturated heterocycles. The van der Waals surface area contributed by atoms with Crippen molar-refractivity contribution in [3.8, 4) is 0 Å². The average molecular weight is 263 g/mol. The zero-order valence-electron chi connectivity index (χ0n) is 9.47. The highest BCUT2D eigenvalue weighted by Crippen LogP contribution is 2.09. The number of pyridine rings is 1. The summed E-state index contributed by atoms with van der Waals surface area (Å²) in [5.41, 5.74) is 1.22. The summed E-state index contributed by atoms with van der Waals surface area (Å²) in [7, 11) is 0. The quantitative estimate of drug-likeness (QED) is 0.833. The third-order valence-corrected chi connectivity index (χ3v) is 2.86. The molecular formula is C12H20Cl2N2. The van der Waals surface area contributed by atoms with E-state index in [9.17, 15) is 0 Å². The Morgan fingerprint density at radius 2 is 1.81 bits per heavy atom. The summed E-state index contributed by atoms with van der Waals surface area (Å²) in [6.07, 6.45) is 7.15. The lowest BCUT2D eigenvalue weighted by atomic mass is 10.1. The van der Waals surface area contributed by atoms with E-state index in [0.29, 0.717) is 0 Å². The molecule has 0 saturated carbocycles. The van der Waals surface area contributed by atoms with Gasteiger partial charge in [-0.05, 0) is 38.1 Å². The molecule has 0 radical (unpaired) electrons. The Kier molecular flexibility index (Phi) is 8.63. The maximum Gasteiger partial charge on any atom is 0.0416 e. The molecule has 1 aromatic heterocycles. The van der Waals surface area contributed by atoms with Crippen LogP contribution in [0.2, 0.25) is 0 Å². The number of hydrogen-bond donors (Lipinski definition) is 0. The molecule has 2 nitrogen and oxygen atoms in total. The molecule has 0 unspecified atom stereocenters. The minimum Gasteiger partial charge on any atom is -0.303 e. The van der Waals surface area contributed by atoms with Crippen molar-refractivity contribution in [3.05, 3.63) is 30.1 Å². The number of nitrogens with zero attached hydrogens (tertiary/aromatic N) is 2. The van der Waals surface area contributed by atoms with Crippen LogP contribution in [0.5, 0.6) is 0 Å². The van der Waals surface area contributed by atoms with Gasteiger partial charge in [-0.25, -0.2) is 0 Å². The number of hydrogen-bond acceptors (Lipinski definition) is 2. The molecule has 2 heterocycles. The van der Waals surface area contributed by atoms with Crippen LogP contribution in [0.15, 0.2) is 24.4 Å². The minimum absolute atomic E-state index is 0. The number of aromatic nitrogens is 1. The van der Waals surface area contributed by atoms with Gasteiger partial charge in [-0.3, -0.25) is 4.98 Å². The summed E-state index contributed by atoms with van der Waals surface area (Å²) < 4.78 is 0. The van der Waals surface area contributed by atoms with Gasteiger partial charge in [0.15, 0.2) is 0 Å². The minimum atomic E-state index is 0. The molecule has 2 rings (SSSR count). The smallest absolute Gasteiger partial charge is 0.0416 e. The first-order valence-electron chi connectivity index (χ1n) is 5.57. The van der Waals surface area contributed by atoms with Crippen molar-refractivity contribution in [1.29, 1.82) is 0 Å². The molecule has 1 fully saturated rings. The summed E-state index contributed by atoms with van der Waals surface area (Å²) in [5.74, 6) is 0. The second kappa shape index (κ2) is 8.80. The molecule has 16 heavy (non-hydrogen) atoms. The molecule has 0 aliphatic carbocycles. The Morgan fingerprint density at radius 3 is 2.44 bits per heavy atom. The number of likely N-dealkylation sites (tertiary alicyclic amines) is 1. The van der Waals surface area contributed by atoms with E-state index >= 15 is 0 Å². The van der Waals surface area contributed by atoms with Crippen LogP contribution < -0.4 is 0 Å². The van der Waals surface area contributed by atoms with Crippen molar-refractivity contribution >= 4 is 24.8 Å². The van der Waals surface area contributed by atoms with Crippen molar-refractivity contribution in [1.82, 2.24) is 9.88 Å². The number of rotatable bonds is 3. The molecule has 1 aliphatic rings. The van der Waals surface area contributed by atoms with Gasteiger partial charge in [0.2, 0.25) is 0 Å². The van der Waals surface area contributed by atoms with Crippen LogP contribution in [0.4, 0.5) is 0 Å². The van der Waals surface area contributed by atoms with Crippen molar-refractivity contribution in [2.45, 2.75) is 25.7 Å².